The van der Waals surface area contributed by atoms with E-state index in [1.54, 1.807) is 12.1 Å². The highest BCUT2D eigenvalue weighted by molar-refractivity contribution is 6.07. The van der Waals surface area contributed by atoms with E-state index < -0.39 is 29.9 Å². The van der Waals surface area contributed by atoms with Gasteiger partial charge in [0.15, 0.2) is 0 Å². The Morgan fingerprint density at radius 1 is 1.21 bits per heavy atom. The Morgan fingerprint density at radius 2 is 1.97 bits per heavy atom. The molecule has 1 aromatic carbocycles. The highest BCUT2D eigenvalue weighted by Crippen LogP contribution is 2.37. The van der Waals surface area contributed by atoms with E-state index in [4.69, 9.17) is 5.73 Å². The molecule has 2 aliphatic heterocycles. The van der Waals surface area contributed by atoms with Crippen LogP contribution in [0.5, 0.6) is 0 Å². The van der Waals surface area contributed by atoms with E-state index in [9.17, 15) is 22.4 Å². The number of likely N-dealkylation sites (N-methyl/N-ethyl adjacent to an activating group) is 1. The maximum atomic E-state index is 13.4. The fourth-order valence-corrected chi connectivity index (χ4v) is 4.11. The monoisotopic (exact) mass is 459 g/mol. The van der Waals surface area contributed by atoms with Crippen molar-refractivity contribution in [3.05, 3.63) is 64.5 Å². The molecule has 0 unspecified atom stereocenters. The molecule has 1 amide bonds. The minimum atomic E-state index is -4.67. The zero-order valence-corrected chi connectivity index (χ0v) is 17.9. The van der Waals surface area contributed by atoms with Crippen LogP contribution in [-0.2, 0) is 17.6 Å². The molecule has 0 bridgehead atoms. The Balaban J connectivity index is 1.72. The fraction of sp³-hybridized carbons (Fsp3) is 0.304. The summed E-state index contributed by atoms with van der Waals surface area (Å²) in [5.74, 6) is 5.97. The molecule has 0 radical (unpaired) electrons. The summed E-state index contributed by atoms with van der Waals surface area (Å²) in [5.41, 5.74) is 5.81. The van der Waals surface area contributed by atoms with E-state index in [-0.39, 0.29) is 18.3 Å². The van der Waals surface area contributed by atoms with Crippen molar-refractivity contribution in [2.45, 2.75) is 25.8 Å². The van der Waals surface area contributed by atoms with Crippen molar-refractivity contribution in [3.63, 3.8) is 0 Å². The summed E-state index contributed by atoms with van der Waals surface area (Å²) in [6.45, 7) is 1.24. The van der Waals surface area contributed by atoms with Crippen LogP contribution in [-0.4, -0.2) is 47.1 Å². The van der Waals surface area contributed by atoms with Crippen LogP contribution in [0.15, 0.2) is 47.8 Å². The second kappa shape index (κ2) is 8.41. The standard InChI is InChI=1S/C23H21F4N5O/c1-14-12-31(18-6-7-19(23(25,26)27)17(9-18)10-24)22(33)21-16(13-30(2)32(14)21)5-3-15-4-8-20(28)29-11-15/h4,6-9,11,14H,10,12-13H2,1-2H3,(H2,28,29)/t14-/m0/s1. The zero-order valence-electron chi connectivity index (χ0n) is 17.9. The molecule has 1 fully saturated rings. The average Bonchev–Trinajstić information content (AvgIpc) is 3.11. The quantitative estimate of drug-likeness (QED) is 0.551. The normalized spacial score (nSPS) is 19.0. The van der Waals surface area contributed by atoms with Crippen molar-refractivity contribution in [1.29, 1.82) is 0 Å². The minimum Gasteiger partial charge on any atom is -0.384 e. The first-order valence-corrected chi connectivity index (χ1v) is 10.1. The van der Waals surface area contributed by atoms with E-state index in [1.165, 1.54) is 17.2 Å². The number of carbonyl (C=O) groups is 1. The molecule has 3 heterocycles. The lowest BCUT2D eigenvalue weighted by molar-refractivity contribution is -0.138. The van der Waals surface area contributed by atoms with Gasteiger partial charge in [-0.15, -0.1) is 0 Å². The van der Waals surface area contributed by atoms with E-state index in [0.29, 0.717) is 29.2 Å². The topological polar surface area (TPSA) is 65.7 Å². The maximum Gasteiger partial charge on any atom is 0.416 e. The number of hydrogen-bond donors (Lipinski definition) is 1. The number of amides is 1. The lowest BCUT2D eigenvalue weighted by Gasteiger charge is -2.42. The van der Waals surface area contributed by atoms with Gasteiger partial charge in [-0.2, -0.15) is 13.2 Å². The molecule has 172 valence electrons. The van der Waals surface area contributed by atoms with Crippen LogP contribution >= 0.6 is 0 Å². The van der Waals surface area contributed by atoms with Gasteiger partial charge in [0.1, 0.15) is 18.2 Å². The Hall–Kier alpha value is -3.58. The smallest absolute Gasteiger partial charge is 0.384 e. The molecule has 0 saturated carbocycles. The molecule has 2 aromatic rings. The van der Waals surface area contributed by atoms with Crippen LogP contribution in [0, 0.1) is 11.8 Å². The number of benzene rings is 1. The van der Waals surface area contributed by atoms with Gasteiger partial charge in [-0.1, -0.05) is 11.8 Å². The molecular weight excluding hydrogens is 438 g/mol. The third-order valence-electron chi connectivity index (χ3n) is 5.58. The van der Waals surface area contributed by atoms with Crippen LogP contribution in [0.1, 0.15) is 23.6 Å². The number of anilines is 2. The first-order valence-electron chi connectivity index (χ1n) is 10.1. The number of rotatable bonds is 2. The lowest BCUT2D eigenvalue weighted by atomic mass is 10.0. The second-order valence-corrected chi connectivity index (χ2v) is 7.95. The number of hydrazine groups is 1. The number of halogens is 4. The molecule has 4 rings (SSSR count). The summed E-state index contributed by atoms with van der Waals surface area (Å²) >= 11 is 0. The minimum absolute atomic E-state index is 0.170. The Bertz CT molecular complexity index is 1180. The number of nitrogens with zero attached hydrogens (tertiary/aromatic N) is 4. The van der Waals surface area contributed by atoms with Crippen molar-refractivity contribution in [3.8, 4) is 11.8 Å². The Labute approximate surface area is 188 Å². The van der Waals surface area contributed by atoms with E-state index >= 15 is 0 Å². The number of aromatic nitrogens is 1. The number of hydrogen-bond acceptors (Lipinski definition) is 5. The summed E-state index contributed by atoms with van der Waals surface area (Å²) in [4.78, 5) is 18.8. The Kier molecular flexibility index (Phi) is 5.76. The van der Waals surface area contributed by atoms with Crippen LogP contribution in [0.2, 0.25) is 0 Å². The second-order valence-electron chi connectivity index (χ2n) is 7.95. The molecule has 33 heavy (non-hydrogen) atoms. The molecule has 1 atom stereocenters. The third-order valence-corrected chi connectivity index (χ3v) is 5.58. The van der Waals surface area contributed by atoms with Gasteiger partial charge in [0.25, 0.3) is 5.91 Å². The molecule has 2 aliphatic rings. The number of nitrogens with two attached hydrogens (primary N) is 1. The first kappa shape index (κ1) is 22.6. The van der Waals surface area contributed by atoms with Crippen molar-refractivity contribution in [1.82, 2.24) is 15.0 Å². The maximum absolute atomic E-state index is 13.4. The van der Waals surface area contributed by atoms with E-state index in [1.807, 2.05) is 24.0 Å². The van der Waals surface area contributed by atoms with Crippen molar-refractivity contribution in [2.24, 2.45) is 0 Å². The molecule has 1 aromatic heterocycles. The number of pyridine rings is 1. The van der Waals surface area contributed by atoms with Gasteiger partial charge in [0.2, 0.25) is 0 Å². The lowest BCUT2D eigenvalue weighted by Crippen LogP contribution is -2.56. The zero-order chi connectivity index (χ0) is 23.9. The van der Waals surface area contributed by atoms with Crippen LogP contribution < -0.4 is 10.6 Å². The molecule has 0 aliphatic carbocycles. The van der Waals surface area contributed by atoms with Gasteiger partial charge < -0.3 is 10.6 Å². The SMILES string of the molecule is C[C@H]1CN(c2ccc(C(F)(F)F)c(CF)c2)C(=O)C2=C(C#Cc3ccc(N)nc3)CN(C)N21. The first-order chi connectivity index (χ1) is 15.6. The Morgan fingerprint density at radius 3 is 2.61 bits per heavy atom. The summed E-state index contributed by atoms with van der Waals surface area (Å²) in [6.07, 6.45) is -3.14. The number of carbonyl (C=O) groups excluding carboxylic acids is 1. The number of nitrogen functional groups attached to an aromatic ring is 1. The summed E-state index contributed by atoms with van der Waals surface area (Å²) in [6, 6.07) is 6.28. The van der Waals surface area contributed by atoms with E-state index in [2.05, 4.69) is 16.8 Å². The van der Waals surface area contributed by atoms with Crippen molar-refractivity contribution < 1.29 is 22.4 Å². The molecule has 2 N–H and O–H groups in total. The van der Waals surface area contributed by atoms with Crippen LogP contribution in [0.4, 0.5) is 29.1 Å². The molecule has 10 heteroatoms. The number of fused-ring (bicyclic) bond motifs is 1. The van der Waals surface area contributed by atoms with Gasteiger partial charge in [0, 0.05) is 36.6 Å². The van der Waals surface area contributed by atoms with Gasteiger partial charge in [-0.05, 0) is 42.8 Å². The van der Waals surface area contributed by atoms with Crippen molar-refractivity contribution >= 4 is 17.4 Å². The van der Waals surface area contributed by atoms with Gasteiger partial charge in [-0.25, -0.2) is 14.4 Å². The van der Waals surface area contributed by atoms with Crippen LogP contribution in [0.3, 0.4) is 0 Å². The third kappa shape index (κ3) is 4.24. The molecular formula is C23H21F4N5O. The fourth-order valence-electron chi connectivity index (χ4n) is 4.11. The number of piperazine rings is 1. The van der Waals surface area contributed by atoms with Gasteiger partial charge >= 0.3 is 6.18 Å². The van der Waals surface area contributed by atoms with E-state index in [0.717, 1.165) is 12.1 Å². The highest BCUT2D eigenvalue weighted by atomic mass is 19.4. The predicted octanol–water partition coefficient (Wildman–Crippen LogP) is 3.36. The van der Waals surface area contributed by atoms with Crippen LogP contribution in [0.25, 0.3) is 0 Å². The molecule has 6 nitrogen and oxygen atoms in total. The summed E-state index contributed by atoms with van der Waals surface area (Å²) < 4.78 is 52.9. The van der Waals surface area contributed by atoms with Crippen molar-refractivity contribution in [2.75, 3.05) is 30.8 Å². The summed E-state index contributed by atoms with van der Waals surface area (Å²) in [5, 5.41) is 3.71. The largest absolute Gasteiger partial charge is 0.416 e. The summed E-state index contributed by atoms with van der Waals surface area (Å²) in [7, 11) is 1.83. The molecule has 1 saturated heterocycles. The highest BCUT2D eigenvalue weighted by Gasteiger charge is 2.42. The van der Waals surface area contributed by atoms with Gasteiger partial charge in [-0.3, -0.25) is 9.80 Å². The predicted molar refractivity (Wildman–Crippen MR) is 115 cm³/mol. The van der Waals surface area contributed by atoms with Gasteiger partial charge in [0.05, 0.1) is 18.2 Å². The molecule has 0 spiro atoms. The number of alkyl halides is 4. The average molecular weight is 459 g/mol.